The van der Waals surface area contributed by atoms with Gasteiger partial charge in [0.05, 0.1) is 0 Å². The van der Waals surface area contributed by atoms with Crippen LogP contribution in [0, 0.1) is 11.7 Å². The van der Waals surface area contributed by atoms with Crippen LogP contribution in [0.1, 0.15) is 26.3 Å². The molecule has 0 amide bonds. The largest absolute Gasteiger partial charge is 0.370 e. The van der Waals surface area contributed by atoms with Gasteiger partial charge in [-0.2, -0.15) is 0 Å². The van der Waals surface area contributed by atoms with Crippen LogP contribution in [-0.2, 0) is 16.0 Å². The quantitative estimate of drug-likeness (QED) is 0.761. The van der Waals surface area contributed by atoms with Gasteiger partial charge in [0.15, 0.2) is 5.78 Å². The summed E-state index contributed by atoms with van der Waals surface area (Å²) in [5, 5.41) is 0. The van der Waals surface area contributed by atoms with Crippen molar-refractivity contribution in [3.63, 3.8) is 0 Å². The molecule has 0 aromatic heterocycles. The first-order valence-corrected chi connectivity index (χ1v) is 5.93. The molecular formula is C14H19FO2. The molecule has 0 fully saturated rings. The number of carbonyl (C=O) groups is 1. The van der Waals surface area contributed by atoms with Gasteiger partial charge in [-0.05, 0) is 30.5 Å². The Bertz CT molecular complexity index is 357. The molecule has 0 saturated carbocycles. The minimum atomic E-state index is -0.370. The molecule has 0 aliphatic rings. The van der Waals surface area contributed by atoms with E-state index in [-0.39, 0.29) is 23.6 Å². The highest BCUT2D eigenvalue weighted by molar-refractivity contribution is 5.85. The average Bonchev–Trinajstić information content (AvgIpc) is 2.28. The number of Topliss-reactive ketones (excluding diaryl/α,β-unsaturated/α-hetero) is 1. The van der Waals surface area contributed by atoms with E-state index in [0.717, 1.165) is 5.56 Å². The fourth-order valence-electron chi connectivity index (χ4n) is 1.74. The lowest BCUT2D eigenvalue weighted by atomic mass is 9.98. The summed E-state index contributed by atoms with van der Waals surface area (Å²) in [6.07, 6.45) is -0.0756. The number of hydrogen-bond donors (Lipinski definition) is 0. The zero-order chi connectivity index (χ0) is 12.8. The standard InChI is InChI=1S/C14H19FO2/c1-4-17-14(10(2)3)13(16)9-11-5-7-12(15)8-6-11/h5-8,10,14H,4,9H2,1-3H3. The highest BCUT2D eigenvalue weighted by Gasteiger charge is 2.22. The molecule has 0 aliphatic heterocycles. The minimum absolute atomic E-state index is 0.0495. The van der Waals surface area contributed by atoms with Crippen molar-refractivity contribution in [1.82, 2.24) is 0 Å². The van der Waals surface area contributed by atoms with Crippen molar-refractivity contribution in [2.75, 3.05) is 6.61 Å². The van der Waals surface area contributed by atoms with E-state index in [4.69, 9.17) is 4.74 Å². The first-order valence-electron chi connectivity index (χ1n) is 5.93. The monoisotopic (exact) mass is 238 g/mol. The van der Waals surface area contributed by atoms with Gasteiger partial charge in [-0.15, -0.1) is 0 Å². The predicted octanol–water partition coefficient (Wildman–Crippen LogP) is 3.00. The highest BCUT2D eigenvalue weighted by atomic mass is 19.1. The Morgan fingerprint density at radius 1 is 1.29 bits per heavy atom. The summed E-state index contributed by atoms with van der Waals surface area (Å²) in [7, 11) is 0. The second kappa shape index (κ2) is 6.50. The lowest BCUT2D eigenvalue weighted by Crippen LogP contribution is -2.31. The molecule has 0 saturated heterocycles. The van der Waals surface area contributed by atoms with E-state index in [0.29, 0.717) is 13.0 Å². The molecule has 2 nitrogen and oxygen atoms in total. The smallest absolute Gasteiger partial charge is 0.166 e. The molecule has 0 bridgehead atoms. The van der Waals surface area contributed by atoms with E-state index in [1.54, 1.807) is 12.1 Å². The number of halogens is 1. The van der Waals surface area contributed by atoms with Gasteiger partial charge < -0.3 is 4.74 Å². The SMILES string of the molecule is CCOC(C(=O)Cc1ccc(F)cc1)C(C)C. The average molecular weight is 238 g/mol. The molecule has 1 unspecified atom stereocenters. The summed E-state index contributed by atoms with van der Waals surface area (Å²) >= 11 is 0. The molecule has 0 N–H and O–H groups in total. The van der Waals surface area contributed by atoms with Crippen LogP contribution in [0.2, 0.25) is 0 Å². The maximum Gasteiger partial charge on any atom is 0.166 e. The van der Waals surface area contributed by atoms with Crippen molar-refractivity contribution >= 4 is 5.78 Å². The topological polar surface area (TPSA) is 26.3 Å². The number of benzene rings is 1. The fraction of sp³-hybridized carbons (Fsp3) is 0.500. The maximum absolute atomic E-state index is 12.7. The van der Waals surface area contributed by atoms with Gasteiger partial charge in [0.2, 0.25) is 0 Å². The zero-order valence-electron chi connectivity index (χ0n) is 10.6. The molecule has 0 radical (unpaired) electrons. The van der Waals surface area contributed by atoms with Gasteiger partial charge >= 0.3 is 0 Å². The zero-order valence-corrected chi connectivity index (χ0v) is 10.6. The molecule has 1 rings (SSSR count). The first kappa shape index (κ1) is 13.8. The second-order valence-corrected chi connectivity index (χ2v) is 4.39. The van der Waals surface area contributed by atoms with Crippen molar-refractivity contribution in [2.24, 2.45) is 5.92 Å². The van der Waals surface area contributed by atoms with Crippen molar-refractivity contribution < 1.29 is 13.9 Å². The predicted molar refractivity (Wildman–Crippen MR) is 65.4 cm³/mol. The Morgan fingerprint density at radius 3 is 2.35 bits per heavy atom. The summed E-state index contributed by atoms with van der Waals surface area (Å²) in [6.45, 7) is 6.32. The van der Waals surface area contributed by atoms with E-state index >= 15 is 0 Å². The Kier molecular flexibility index (Phi) is 5.29. The van der Waals surface area contributed by atoms with E-state index in [9.17, 15) is 9.18 Å². The lowest BCUT2D eigenvalue weighted by Gasteiger charge is -2.19. The Balaban J connectivity index is 2.66. The Morgan fingerprint density at radius 2 is 1.88 bits per heavy atom. The van der Waals surface area contributed by atoms with Gasteiger partial charge in [0, 0.05) is 13.0 Å². The van der Waals surface area contributed by atoms with E-state index in [1.165, 1.54) is 12.1 Å². The fourth-order valence-corrected chi connectivity index (χ4v) is 1.74. The van der Waals surface area contributed by atoms with Crippen molar-refractivity contribution in [1.29, 1.82) is 0 Å². The number of carbonyl (C=O) groups excluding carboxylic acids is 1. The van der Waals surface area contributed by atoms with Crippen LogP contribution < -0.4 is 0 Å². The van der Waals surface area contributed by atoms with Gasteiger partial charge in [0.1, 0.15) is 11.9 Å². The summed E-state index contributed by atoms with van der Waals surface area (Å²) in [5.74, 6) is -0.0808. The lowest BCUT2D eigenvalue weighted by molar-refractivity contribution is -0.132. The van der Waals surface area contributed by atoms with Crippen molar-refractivity contribution in [3.8, 4) is 0 Å². The molecule has 1 aromatic carbocycles. The molecule has 0 spiro atoms. The van der Waals surface area contributed by atoms with E-state index < -0.39 is 0 Å². The Labute approximate surface area is 102 Å². The number of ketones is 1. The van der Waals surface area contributed by atoms with Crippen molar-refractivity contribution in [3.05, 3.63) is 35.6 Å². The second-order valence-electron chi connectivity index (χ2n) is 4.39. The van der Waals surface area contributed by atoms with Crippen LogP contribution in [0.25, 0.3) is 0 Å². The normalized spacial score (nSPS) is 12.8. The first-order chi connectivity index (χ1) is 8.04. The summed E-state index contributed by atoms with van der Waals surface area (Å²) in [6, 6.07) is 6.01. The number of rotatable bonds is 6. The van der Waals surface area contributed by atoms with Crippen LogP contribution in [0.3, 0.4) is 0 Å². The molecule has 3 heteroatoms. The molecular weight excluding hydrogens is 219 g/mol. The molecule has 17 heavy (non-hydrogen) atoms. The van der Waals surface area contributed by atoms with Crippen molar-refractivity contribution in [2.45, 2.75) is 33.3 Å². The van der Waals surface area contributed by atoms with E-state index in [2.05, 4.69) is 0 Å². The molecule has 0 aliphatic carbocycles. The van der Waals surface area contributed by atoms with Gasteiger partial charge in [-0.3, -0.25) is 4.79 Å². The number of hydrogen-bond acceptors (Lipinski definition) is 2. The summed E-state index contributed by atoms with van der Waals surface area (Å²) < 4.78 is 18.2. The highest BCUT2D eigenvalue weighted by Crippen LogP contribution is 2.12. The van der Waals surface area contributed by atoms with Crippen LogP contribution in [0.5, 0.6) is 0 Å². The molecule has 1 aromatic rings. The van der Waals surface area contributed by atoms with Gasteiger partial charge in [-0.1, -0.05) is 26.0 Å². The van der Waals surface area contributed by atoms with Crippen LogP contribution in [-0.4, -0.2) is 18.5 Å². The Hall–Kier alpha value is -1.22. The van der Waals surface area contributed by atoms with Gasteiger partial charge in [0.25, 0.3) is 0 Å². The number of ether oxygens (including phenoxy) is 1. The van der Waals surface area contributed by atoms with E-state index in [1.807, 2.05) is 20.8 Å². The third-order valence-corrected chi connectivity index (χ3v) is 2.56. The maximum atomic E-state index is 12.7. The molecule has 1 atom stereocenters. The summed E-state index contributed by atoms with van der Waals surface area (Å²) in [4.78, 5) is 12.0. The molecule has 0 heterocycles. The minimum Gasteiger partial charge on any atom is -0.370 e. The molecule has 94 valence electrons. The third kappa shape index (κ3) is 4.27. The summed E-state index contributed by atoms with van der Waals surface area (Å²) in [5.41, 5.74) is 0.821. The van der Waals surface area contributed by atoms with Crippen LogP contribution in [0.4, 0.5) is 4.39 Å². The van der Waals surface area contributed by atoms with Gasteiger partial charge in [-0.25, -0.2) is 4.39 Å². The van der Waals surface area contributed by atoms with Crippen LogP contribution >= 0.6 is 0 Å². The van der Waals surface area contributed by atoms with Crippen LogP contribution in [0.15, 0.2) is 24.3 Å². The third-order valence-electron chi connectivity index (χ3n) is 2.56.